The van der Waals surface area contributed by atoms with Crippen molar-refractivity contribution in [3.05, 3.63) is 66.0 Å². The van der Waals surface area contributed by atoms with Crippen LogP contribution in [0.4, 0.5) is 14.5 Å². The number of nitrogens with one attached hydrogen (secondary N) is 2. The number of rotatable bonds is 8. The van der Waals surface area contributed by atoms with E-state index in [1.54, 1.807) is 24.4 Å². The summed E-state index contributed by atoms with van der Waals surface area (Å²) in [5.41, 5.74) is 2.29. The maximum atomic E-state index is 15.2. The van der Waals surface area contributed by atoms with Crippen molar-refractivity contribution < 1.29 is 23.0 Å². The van der Waals surface area contributed by atoms with Crippen molar-refractivity contribution in [3.63, 3.8) is 0 Å². The second-order valence-electron chi connectivity index (χ2n) is 10.3. The first-order valence-electron chi connectivity index (χ1n) is 13.5. The lowest BCUT2D eigenvalue weighted by Gasteiger charge is -2.33. The molecule has 10 heteroatoms. The number of benzene rings is 2. The highest BCUT2D eigenvalue weighted by molar-refractivity contribution is 5.98. The Morgan fingerprint density at radius 3 is 2.51 bits per heavy atom. The summed E-state index contributed by atoms with van der Waals surface area (Å²) in [5.74, 6) is -1.69. The minimum Gasteiger partial charge on any atom is -0.490 e. The number of H-pyrrole nitrogens is 1. The van der Waals surface area contributed by atoms with Gasteiger partial charge in [0.1, 0.15) is 23.2 Å². The number of aromatic amines is 1. The minimum atomic E-state index is -0.899. The zero-order valence-corrected chi connectivity index (χ0v) is 23.3. The molecular weight excluding hydrogens is 528 g/mol. The lowest BCUT2D eigenvalue weighted by atomic mass is 9.83. The summed E-state index contributed by atoms with van der Waals surface area (Å²) in [7, 11) is 0. The van der Waals surface area contributed by atoms with Crippen LogP contribution in [-0.4, -0.2) is 35.2 Å². The van der Waals surface area contributed by atoms with Crippen LogP contribution in [0.15, 0.2) is 53.8 Å². The fourth-order valence-corrected chi connectivity index (χ4v) is 4.75. The van der Waals surface area contributed by atoms with E-state index < -0.39 is 17.4 Å². The monoisotopic (exact) mass is 559 g/mol. The molecule has 1 aliphatic heterocycles. The normalized spacial score (nSPS) is 14.3. The third-order valence-electron chi connectivity index (χ3n) is 7.34. The van der Waals surface area contributed by atoms with Gasteiger partial charge in [-0.05, 0) is 50.5 Å². The minimum absolute atomic E-state index is 0.0214. The Morgan fingerprint density at radius 2 is 1.88 bits per heavy atom. The van der Waals surface area contributed by atoms with Crippen LogP contribution in [0.1, 0.15) is 46.1 Å². The van der Waals surface area contributed by atoms with E-state index in [0.29, 0.717) is 46.6 Å². The topological polar surface area (TPSA) is 105 Å². The molecule has 0 unspecified atom stereocenters. The van der Waals surface area contributed by atoms with Gasteiger partial charge in [0.25, 0.3) is 6.02 Å². The van der Waals surface area contributed by atoms with Gasteiger partial charge in [0.05, 0.1) is 30.2 Å². The van der Waals surface area contributed by atoms with Gasteiger partial charge in [-0.2, -0.15) is 5.26 Å². The fourth-order valence-electron chi connectivity index (χ4n) is 4.75. The molecule has 2 N–H and O–H groups in total. The number of pyridine rings is 1. The first-order valence-corrected chi connectivity index (χ1v) is 13.5. The van der Waals surface area contributed by atoms with E-state index in [-0.39, 0.29) is 29.0 Å². The Morgan fingerprint density at radius 1 is 1.12 bits per heavy atom. The summed E-state index contributed by atoms with van der Waals surface area (Å²) in [6.45, 7) is 9.02. The molecule has 0 radical (unpaired) electrons. The first kappa shape index (κ1) is 27.9. The van der Waals surface area contributed by atoms with Gasteiger partial charge in [-0.15, -0.1) is 0 Å². The van der Waals surface area contributed by atoms with Crippen LogP contribution < -0.4 is 14.8 Å². The van der Waals surface area contributed by atoms with Gasteiger partial charge in [-0.1, -0.05) is 19.9 Å². The van der Waals surface area contributed by atoms with Crippen LogP contribution in [0.25, 0.3) is 22.2 Å². The summed E-state index contributed by atoms with van der Waals surface area (Å²) in [4.78, 5) is 11.8. The number of amidine groups is 1. The SMILES string of the molecule is CCC1(CC)CN=C(Nc2cc(F)c(Oc3ccnc4[nH]cc(-c5ccc(OC(C)C)c(C#N)c5)c34)c(F)c2)OC1. The Balaban J connectivity index is 1.43. The van der Waals surface area contributed by atoms with E-state index in [2.05, 4.69) is 40.2 Å². The van der Waals surface area contributed by atoms with Crippen molar-refractivity contribution in [2.24, 2.45) is 10.4 Å². The van der Waals surface area contributed by atoms with Crippen LogP contribution in [0.3, 0.4) is 0 Å². The zero-order chi connectivity index (χ0) is 29.1. The van der Waals surface area contributed by atoms with Gasteiger partial charge in [-0.3, -0.25) is 0 Å². The number of nitrogens with zero attached hydrogens (tertiary/aromatic N) is 3. The number of fused-ring (bicyclic) bond motifs is 1. The van der Waals surface area contributed by atoms with Crippen molar-refractivity contribution in [1.29, 1.82) is 5.26 Å². The van der Waals surface area contributed by atoms with Crippen molar-refractivity contribution >= 4 is 22.7 Å². The van der Waals surface area contributed by atoms with E-state index >= 15 is 8.78 Å². The average molecular weight is 560 g/mol. The lowest BCUT2D eigenvalue weighted by Crippen LogP contribution is -2.37. The highest BCUT2D eigenvalue weighted by atomic mass is 19.1. The number of nitriles is 1. The Kier molecular flexibility index (Phi) is 7.79. The molecule has 1 aliphatic rings. The van der Waals surface area contributed by atoms with Crippen molar-refractivity contribution in [1.82, 2.24) is 9.97 Å². The van der Waals surface area contributed by atoms with Gasteiger partial charge < -0.3 is 24.5 Å². The van der Waals surface area contributed by atoms with Gasteiger partial charge >= 0.3 is 0 Å². The molecule has 0 amide bonds. The highest BCUT2D eigenvalue weighted by Gasteiger charge is 2.31. The molecule has 0 bridgehead atoms. The summed E-state index contributed by atoms with van der Waals surface area (Å²) in [5, 5.41) is 13.0. The van der Waals surface area contributed by atoms with Crippen LogP contribution in [0.5, 0.6) is 17.2 Å². The maximum absolute atomic E-state index is 15.2. The van der Waals surface area contributed by atoms with Crippen LogP contribution >= 0.6 is 0 Å². The maximum Gasteiger partial charge on any atom is 0.289 e. The third-order valence-corrected chi connectivity index (χ3v) is 7.34. The molecule has 0 fully saturated rings. The molecule has 2 aromatic carbocycles. The predicted molar refractivity (Wildman–Crippen MR) is 153 cm³/mol. The largest absolute Gasteiger partial charge is 0.490 e. The Bertz CT molecular complexity index is 1630. The number of halogens is 2. The fraction of sp³-hybridized carbons (Fsp3) is 0.323. The molecule has 3 heterocycles. The second-order valence-corrected chi connectivity index (χ2v) is 10.3. The van der Waals surface area contributed by atoms with E-state index in [1.807, 2.05) is 13.8 Å². The Labute approximate surface area is 237 Å². The summed E-state index contributed by atoms with van der Waals surface area (Å²) < 4.78 is 47.7. The van der Waals surface area contributed by atoms with E-state index in [9.17, 15) is 5.26 Å². The molecule has 4 aromatic rings. The molecule has 41 heavy (non-hydrogen) atoms. The Hall–Kier alpha value is -4.65. The predicted octanol–water partition coefficient (Wildman–Crippen LogP) is 7.56. The molecular formula is C31H31F2N5O3. The number of anilines is 1. The summed E-state index contributed by atoms with van der Waals surface area (Å²) in [6.07, 6.45) is 4.95. The standard InChI is InChI=1S/C31H31F2N5O3/c1-5-31(6-2)16-37-30(39-17-31)38-21-12-23(32)28(24(33)13-21)41-26-9-10-35-29-27(26)22(15-36-29)19-7-8-25(40-18(3)4)20(11-19)14-34/h7-13,15,18H,5-6,16-17H2,1-4H3,(H,35,36)(H,37,38). The van der Waals surface area contributed by atoms with E-state index in [0.717, 1.165) is 25.0 Å². The number of aromatic nitrogens is 2. The van der Waals surface area contributed by atoms with Gasteiger partial charge in [0, 0.05) is 41.2 Å². The molecule has 0 spiro atoms. The van der Waals surface area contributed by atoms with Crippen molar-refractivity contribution in [3.8, 4) is 34.4 Å². The molecule has 0 atom stereocenters. The number of ether oxygens (including phenoxy) is 3. The quantitative estimate of drug-likeness (QED) is 0.231. The summed E-state index contributed by atoms with van der Waals surface area (Å²) in [6, 6.07) is 11.4. The van der Waals surface area contributed by atoms with Gasteiger partial charge in [0.2, 0.25) is 0 Å². The van der Waals surface area contributed by atoms with Crippen molar-refractivity contribution in [2.45, 2.75) is 46.6 Å². The van der Waals surface area contributed by atoms with Gasteiger partial charge in [-0.25, -0.2) is 18.8 Å². The van der Waals surface area contributed by atoms with Crippen molar-refractivity contribution in [2.75, 3.05) is 18.5 Å². The van der Waals surface area contributed by atoms with E-state index in [1.165, 1.54) is 12.3 Å². The molecule has 5 rings (SSSR count). The molecule has 0 saturated carbocycles. The molecule has 2 aromatic heterocycles. The smallest absolute Gasteiger partial charge is 0.289 e. The van der Waals surface area contributed by atoms with Crippen LogP contribution in [-0.2, 0) is 4.74 Å². The number of aliphatic imine (C=N–C) groups is 1. The number of hydrogen-bond acceptors (Lipinski definition) is 7. The van der Waals surface area contributed by atoms with Crippen LogP contribution in [0.2, 0.25) is 0 Å². The number of hydrogen-bond donors (Lipinski definition) is 2. The molecule has 0 aliphatic carbocycles. The lowest BCUT2D eigenvalue weighted by molar-refractivity contribution is 0.113. The molecule has 212 valence electrons. The average Bonchev–Trinajstić information content (AvgIpc) is 3.41. The van der Waals surface area contributed by atoms with E-state index in [4.69, 9.17) is 14.2 Å². The third kappa shape index (κ3) is 5.66. The summed E-state index contributed by atoms with van der Waals surface area (Å²) >= 11 is 0. The molecule has 8 nitrogen and oxygen atoms in total. The highest BCUT2D eigenvalue weighted by Crippen LogP contribution is 2.40. The molecule has 0 saturated heterocycles. The van der Waals surface area contributed by atoms with Crippen LogP contribution in [0, 0.1) is 28.4 Å². The van der Waals surface area contributed by atoms with Gasteiger partial charge in [0.15, 0.2) is 17.4 Å². The zero-order valence-electron chi connectivity index (χ0n) is 23.3. The second kappa shape index (κ2) is 11.5. The first-order chi connectivity index (χ1) is 19.8.